The van der Waals surface area contributed by atoms with Crippen molar-refractivity contribution >= 4 is 23.4 Å². The van der Waals surface area contributed by atoms with Gasteiger partial charge in [0.1, 0.15) is 6.61 Å². The van der Waals surface area contributed by atoms with Gasteiger partial charge in [-0.25, -0.2) is 9.59 Å². The van der Waals surface area contributed by atoms with E-state index in [4.69, 9.17) is 9.84 Å². The Labute approximate surface area is 89.9 Å². The van der Waals surface area contributed by atoms with Crippen LogP contribution < -0.4 is 0 Å². The zero-order chi connectivity index (χ0) is 10.8. The van der Waals surface area contributed by atoms with Crippen molar-refractivity contribution in [2.24, 2.45) is 0 Å². The first-order chi connectivity index (χ1) is 7.20. The van der Waals surface area contributed by atoms with Gasteiger partial charge >= 0.3 is 12.1 Å². The summed E-state index contributed by atoms with van der Waals surface area (Å²) in [6.45, 7) is 0.585. The van der Waals surface area contributed by atoms with E-state index in [1.54, 1.807) is 17.5 Å². The van der Waals surface area contributed by atoms with Gasteiger partial charge in [0.15, 0.2) is 6.04 Å². The van der Waals surface area contributed by atoms with E-state index in [1.165, 1.54) is 16.2 Å². The molecule has 15 heavy (non-hydrogen) atoms. The predicted octanol–water partition coefficient (Wildman–Crippen LogP) is 1.33. The fourth-order valence-corrected chi connectivity index (χ4v) is 2.32. The number of thiophene rings is 1. The van der Waals surface area contributed by atoms with Gasteiger partial charge in [0.25, 0.3) is 0 Å². The molecule has 6 heteroatoms. The van der Waals surface area contributed by atoms with Crippen molar-refractivity contribution in [3.05, 3.63) is 22.4 Å². The third kappa shape index (κ3) is 1.80. The summed E-state index contributed by atoms with van der Waals surface area (Å²) < 4.78 is 4.72. The molecule has 1 fully saturated rings. The number of carboxylic acid groups (broad SMARTS) is 1. The Kier molecular flexibility index (Phi) is 2.59. The van der Waals surface area contributed by atoms with Gasteiger partial charge < -0.3 is 9.84 Å². The molecule has 0 spiro atoms. The number of carbonyl (C=O) groups excluding carboxylic acids is 1. The summed E-state index contributed by atoms with van der Waals surface area (Å²) in [4.78, 5) is 24.2. The number of hydrogen-bond acceptors (Lipinski definition) is 4. The zero-order valence-electron chi connectivity index (χ0n) is 7.75. The van der Waals surface area contributed by atoms with Crippen LogP contribution in [0.2, 0.25) is 0 Å². The lowest BCUT2D eigenvalue weighted by Crippen LogP contribution is -2.34. The molecule has 0 aromatic carbocycles. The monoisotopic (exact) mass is 227 g/mol. The second kappa shape index (κ2) is 3.90. The van der Waals surface area contributed by atoms with Crippen LogP contribution in [0, 0.1) is 0 Å². The summed E-state index contributed by atoms with van der Waals surface area (Å²) in [5, 5.41) is 10.9. The van der Waals surface area contributed by atoms with Crippen LogP contribution in [0.1, 0.15) is 10.9 Å². The van der Waals surface area contributed by atoms with E-state index >= 15 is 0 Å². The summed E-state index contributed by atoms with van der Waals surface area (Å²) >= 11 is 1.32. The van der Waals surface area contributed by atoms with Crippen LogP contribution in [0.5, 0.6) is 0 Å². The van der Waals surface area contributed by atoms with E-state index in [1.807, 2.05) is 0 Å². The molecular weight excluding hydrogens is 218 g/mol. The molecule has 0 radical (unpaired) electrons. The van der Waals surface area contributed by atoms with Crippen molar-refractivity contribution in [1.29, 1.82) is 0 Å². The van der Waals surface area contributed by atoms with Crippen molar-refractivity contribution in [1.82, 2.24) is 4.90 Å². The predicted molar refractivity (Wildman–Crippen MR) is 52.7 cm³/mol. The van der Waals surface area contributed by atoms with Crippen LogP contribution in [-0.4, -0.2) is 35.2 Å². The highest BCUT2D eigenvalue weighted by molar-refractivity contribution is 7.10. The average molecular weight is 227 g/mol. The van der Waals surface area contributed by atoms with E-state index in [9.17, 15) is 9.59 Å². The summed E-state index contributed by atoms with van der Waals surface area (Å²) in [6, 6.07) is 2.55. The van der Waals surface area contributed by atoms with Gasteiger partial charge in [0.2, 0.25) is 0 Å². The molecule has 1 aromatic heterocycles. The van der Waals surface area contributed by atoms with Crippen molar-refractivity contribution in [2.75, 3.05) is 13.2 Å². The van der Waals surface area contributed by atoms with Crippen LogP contribution >= 0.6 is 11.3 Å². The Morgan fingerprint density at radius 2 is 2.47 bits per heavy atom. The Morgan fingerprint density at radius 1 is 1.67 bits per heavy atom. The smallest absolute Gasteiger partial charge is 0.410 e. The number of nitrogens with zero attached hydrogens (tertiary/aromatic N) is 1. The number of rotatable bonds is 3. The molecule has 1 aliphatic heterocycles. The molecule has 2 heterocycles. The lowest BCUT2D eigenvalue weighted by molar-refractivity contribution is -0.142. The minimum absolute atomic E-state index is 0.258. The Hall–Kier alpha value is -1.56. The maximum atomic E-state index is 11.3. The van der Waals surface area contributed by atoms with Crippen molar-refractivity contribution in [3.63, 3.8) is 0 Å². The molecule has 1 saturated heterocycles. The quantitative estimate of drug-likeness (QED) is 0.845. The molecule has 1 aliphatic rings. The van der Waals surface area contributed by atoms with E-state index in [0.29, 0.717) is 11.4 Å². The Bertz CT molecular complexity index is 375. The minimum atomic E-state index is -1.03. The molecule has 0 bridgehead atoms. The molecule has 5 nitrogen and oxygen atoms in total. The average Bonchev–Trinajstić information content (AvgIpc) is 2.79. The van der Waals surface area contributed by atoms with Crippen molar-refractivity contribution < 1.29 is 19.4 Å². The maximum Gasteiger partial charge on any atom is 0.410 e. The maximum absolute atomic E-state index is 11.3. The molecule has 0 saturated carbocycles. The highest BCUT2D eigenvalue weighted by Gasteiger charge is 2.36. The normalized spacial score (nSPS) is 17.6. The number of cyclic esters (lactones) is 1. The zero-order valence-corrected chi connectivity index (χ0v) is 8.57. The van der Waals surface area contributed by atoms with Gasteiger partial charge in [0, 0.05) is 4.88 Å². The highest BCUT2D eigenvalue weighted by Crippen LogP contribution is 2.27. The minimum Gasteiger partial charge on any atom is -0.479 e. The number of carbonyl (C=O) groups is 2. The Morgan fingerprint density at radius 3 is 2.93 bits per heavy atom. The van der Waals surface area contributed by atoms with E-state index in [-0.39, 0.29) is 6.61 Å². The van der Waals surface area contributed by atoms with Crippen molar-refractivity contribution in [3.8, 4) is 0 Å². The van der Waals surface area contributed by atoms with Crippen LogP contribution in [0.3, 0.4) is 0 Å². The van der Waals surface area contributed by atoms with Crippen LogP contribution in [-0.2, 0) is 9.53 Å². The fraction of sp³-hybridized carbons (Fsp3) is 0.333. The number of carboxylic acids is 1. The largest absolute Gasteiger partial charge is 0.479 e. The molecule has 2 rings (SSSR count). The number of amides is 1. The molecule has 80 valence electrons. The third-order valence-electron chi connectivity index (χ3n) is 2.15. The van der Waals surface area contributed by atoms with Crippen molar-refractivity contribution in [2.45, 2.75) is 6.04 Å². The van der Waals surface area contributed by atoms with Crippen LogP contribution in [0.15, 0.2) is 17.5 Å². The molecular formula is C9H9NO4S. The summed E-state index contributed by atoms with van der Waals surface area (Å²) in [5.74, 6) is -1.03. The van der Waals surface area contributed by atoms with Gasteiger partial charge in [-0.2, -0.15) is 0 Å². The van der Waals surface area contributed by atoms with E-state index < -0.39 is 18.1 Å². The summed E-state index contributed by atoms with van der Waals surface area (Å²) in [7, 11) is 0. The lowest BCUT2D eigenvalue weighted by atomic mass is 10.2. The summed E-state index contributed by atoms with van der Waals surface area (Å²) in [6.07, 6.45) is -0.559. The first-order valence-corrected chi connectivity index (χ1v) is 5.27. The van der Waals surface area contributed by atoms with Gasteiger partial charge in [-0.1, -0.05) is 6.07 Å². The first-order valence-electron chi connectivity index (χ1n) is 4.40. The standard InChI is InChI=1S/C9H9NO4S/c11-8(12)7(6-2-1-5-15-6)10-3-4-14-9(10)13/h1-2,5,7H,3-4H2,(H,11,12). The van der Waals surface area contributed by atoms with E-state index in [0.717, 1.165) is 0 Å². The van der Waals surface area contributed by atoms with Gasteiger partial charge in [-0.05, 0) is 11.4 Å². The number of ether oxygens (including phenoxy) is 1. The van der Waals surface area contributed by atoms with Gasteiger partial charge in [0.05, 0.1) is 6.54 Å². The fourth-order valence-electron chi connectivity index (χ4n) is 1.50. The first kappa shape index (κ1) is 9.97. The van der Waals surface area contributed by atoms with Crippen LogP contribution in [0.25, 0.3) is 0 Å². The molecule has 1 amide bonds. The molecule has 1 unspecified atom stereocenters. The Balaban J connectivity index is 2.28. The lowest BCUT2D eigenvalue weighted by Gasteiger charge is -2.20. The SMILES string of the molecule is O=C(O)C(c1cccs1)N1CCOC1=O. The molecule has 1 aromatic rings. The second-order valence-electron chi connectivity index (χ2n) is 3.06. The van der Waals surface area contributed by atoms with Crippen LogP contribution in [0.4, 0.5) is 4.79 Å². The van der Waals surface area contributed by atoms with Gasteiger partial charge in [-0.3, -0.25) is 4.90 Å². The number of hydrogen-bond donors (Lipinski definition) is 1. The second-order valence-corrected chi connectivity index (χ2v) is 4.04. The molecule has 0 aliphatic carbocycles. The van der Waals surface area contributed by atoms with Gasteiger partial charge in [-0.15, -0.1) is 11.3 Å². The third-order valence-corrected chi connectivity index (χ3v) is 3.08. The molecule has 1 N–H and O–H groups in total. The van der Waals surface area contributed by atoms with E-state index in [2.05, 4.69) is 0 Å². The summed E-state index contributed by atoms with van der Waals surface area (Å²) in [5.41, 5.74) is 0. The highest BCUT2D eigenvalue weighted by atomic mass is 32.1. The number of aliphatic carboxylic acids is 1. The topological polar surface area (TPSA) is 66.8 Å². The molecule has 1 atom stereocenters.